The largest absolute Gasteiger partial charge is 0.385 e. The summed E-state index contributed by atoms with van der Waals surface area (Å²) in [5, 5.41) is 8.27. The molecule has 10 heavy (non-hydrogen) atoms. The van der Waals surface area contributed by atoms with E-state index in [0.717, 1.165) is 5.56 Å². The first-order chi connectivity index (χ1) is 4.86. The molecule has 0 aliphatic rings. The quantitative estimate of drug-likeness (QED) is 0.389. The molecule has 0 unspecified atom stereocenters. The summed E-state index contributed by atoms with van der Waals surface area (Å²) in [5.41, 5.74) is 1.30. The molecular formula is C8H5N2+. The number of benzene rings is 1. The van der Waals surface area contributed by atoms with E-state index in [-0.39, 0.29) is 0 Å². The Kier molecular flexibility index (Phi) is 1.68. The number of nitrogens with zero attached hydrogens (tertiary/aromatic N) is 2. The molecule has 2 heteroatoms. The summed E-state index contributed by atoms with van der Waals surface area (Å²) in [5.74, 6) is 2.45. The van der Waals surface area contributed by atoms with Crippen LogP contribution in [0.15, 0.2) is 24.3 Å². The van der Waals surface area contributed by atoms with Crippen molar-refractivity contribution in [2.75, 3.05) is 0 Å². The van der Waals surface area contributed by atoms with Crippen LogP contribution in [0.4, 0.5) is 5.69 Å². The van der Waals surface area contributed by atoms with Gasteiger partial charge in [0.25, 0.3) is 0 Å². The summed E-state index contributed by atoms with van der Waals surface area (Å²) in [6.45, 7) is 0. The summed E-state index contributed by atoms with van der Waals surface area (Å²) in [6, 6.07) is 6.73. The molecule has 0 bridgehead atoms. The topological polar surface area (TPSA) is 28.1 Å². The van der Waals surface area contributed by atoms with Gasteiger partial charge in [-0.2, -0.15) is 0 Å². The van der Waals surface area contributed by atoms with Gasteiger partial charge in [-0.25, -0.2) is 0 Å². The second-order valence-corrected chi connectivity index (χ2v) is 1.79. The van der Waals surface area contributed by atoms with Crippen molar-refractivity contribution in [2.45, 2.75) is 0 Å². The van der Waals surface area contributed by atoms with E-state index in [0.29, 0.717) is 5.69 Å². The fourth-order valence-corrected chi connectivity index (χ4v) is 0.624. The van der Waals surface area contributed by atoms with Gasteiger partial charge >= 0.3 is 5.69 Å². The number of hydrogen-bond acceptors (Lipinski definition) is 1. The third-order valence-electron chi connectivity index (χ3n) is 1.15. The first-order valence-electron chi connectivity index (χ1n) is 2.78. The van der Waals surface area contributed by atoms with Crippen molar-refractivity contribution in [3.63, 3.8) is 0 Å². The molecule has 0 saturated heterocycles. The maximum atomic E-state index is 8.27. The molecule has 1 aromatic carbocycles. The fourth-order valence-electron chi connectivity index (χ4n) is 0.624. The molecule has 1 aromatic rings. The van der Waals surface area contributed by atoms with Gasteiger partial charge in [0.15, 0.2) is 4.98 Å². The standard InChI is InChI=1S/C8H5N2/c1-2-7-3-5-8(10-9)6-4-7/h1,3-6H/q+1. The Labute approximate surface area is 59.1 Å². The Balaban J connectivity index is 3.08. The van der Waals surface area contributed by atoms with Crippen LogP contribution >= 0.6 is 0 Å². The Morgan fingerprint density at radius 1 is 1.30 bits per heavy atom. The van der Waals surface area contributed by atoms with Crippen molar-refractivity contribution >= 4 is 5.69 Å². The van der Waals surface area contributed by atoms with Gasteiger partial charge in [-0.1, -0.05) is 5.92 Å². The highest BCUT2D eigenvalue weighted by Crippen LogP contribution is 2.11. The van der Waals surface area contributed by atoms with Gasteiger partial charge in [0.2, 0.25) is 5.39 Å². The SMILES string of the molecule is C#Cc1ccc([N+]#N)cc1. The average Bonchev–Trinajstić information content (AvgIpc) is 2.05. The Morgan fingerprint density at radius 2 is 1.90 bits per heavy atom. The van der Waals surface area contributed by atoms with Crippen LogP contribution in [-0.2, 0) is 0 Å². The number of rotatable bonds is 0. The third-order valence-corrected chi connectivity index (χ3v) is 1.15. The van der Waals surface area contributed by atoms with E-state index in [1.54, 1.807) is 24.3 Å². The van der Waals surface area contributed by atoms with E-state index in [4.69, 9.17) is 11.8 Å². The molecular weight excluding hydrogens is 124 g/mol. The second-order valence-electron chi connectivity index (χ2n) is 1.79. The zero-order valence-corrected chi connectivity index (χ0v) is 5.28. The highest BCUT2D eigenvalue weighted by Gasteiger charge is 1.99. The molecule has 0 heterocycles. The van der Waals surface area contributed by atoms with Crippen LogP contribution in [0.2, 0.25) is 0 Å². The lowest BCUT2D eigenvalue weighted by Gasteiger charge is -1.81. The van der Waals surface area contributed by atoms with Crippen molar-refractivity contribution in [3.05, 3.63) is 34.8 Å². The summed E-state index contributed by atoms with van der Waals surface area (Å²) in [4.78, 5) is 2.98. The summed E-state index contributed by atoms with van der Waals surface area (Å²) < 4.78 is 0. The van der Waals surface area contributed by atoms with Crippen LogP contribution in [0, 0.1) is 17.7 Å². The van der Waals surface area contributed by atoms with Crippen LogP contribution in [0.5, 0.6) is 0 Å². The lowest BCUT2D eigenvalue weighted by Crippen LogP contribution is -1.68. The lowest BCUT2D eigenvalue weighted by atomic mass is 10.2. The minimum atomic E-state index is 0.513. The molecule has 0 N–H and O–H groups in total. The fraction of sp³-hybridized carbons (Fsp3) is 0. The third kappa shape index (κ3) is 1.13. The van der Waals surface area contributed by atoms with Crippen LogP contribution in [0.25, 0.3) is 4.98 Å². The first-order valence-corrected chi connectivity index (χ1v) is 2.78. The van der Waals surface area contributed by atoms with E-state index in [1.807, 2.05) is 0 Å². The summed E-state index contributed by atoms with van der Waals surface area (Å²) >= 11 is 0. The van der Waals surface area contributed by atoms with Gasteiger partial charge in [-0.05, 0) is 12.1 Å². The molecule has 1 rings (SSSR count). The molecule has 46 valence electrons. The maximum absolute atomic E-state index is 8.27. The van der Waals surface area contributed by atoms with Gasteiger partial charge in [-0.3, -0.25) is 0 Å². The van der Waals surface area contributed by atoms with Crippen LogP contribution in [0.1, 0.15) is 5.56 Å². The van der Waals surface area contributed by atoms with Gasteiger partial charge in [-0.15, -0.1) is 6.42 Å². The summed E-state index contributed by atoms with van der Waals surface area (Å²) in [7, 11) is 0. The van der Waals surface area contributed by atoms with E-state index in [9.17, 15) is 0 Å². The molecule has 0 aliphatic heterocycles. The minimum Gasteiger partial charge on any atom is -0.115 e. The molecule has 0 aromatic heterocycles. The van der Waals surface area contributed by atoms with E-state index in [2.05, 4.69) is 10.9 Å². The highest BCUT2D eigenvalue weighted by molar-refractivity contribution is 5.47. The van der Waals surface area contributed by atoms with Crippen LogP contribution < -0.4 is 0 Å². The van der Waals surface area contributed by atoms with Gasteiger partial charge in [0, 0.05) is 17.7 Å². The molecule has 0 atom stereocenters. The lowest BCUT2D eigenvalue weighted by molar-refractivity contribution is 1.46. The van der Waals surface area contributed by atoms with E-state index < -0.39 is 0 Å². The van der Waals surface area contributed by atoms with Gasteiger partial charge in [0.1, 0.15) is 0 Å². The van der Waals surface area contributed by atoms with Gasteiger partial charge < -0.3 is 0 Å². The van der Waals surface area contributed by atoms with E-state index in [1.165, 1.54) is 0 Å². The number of diazo groups is 1. The minimum absolute atomic E-state index is 0.513. The molecule has 0 radical (unpaired) electrons. The Hall–Kier alpha value is -1.80. The van der Waals surface area contributed by atoms with Crippen LogP contribution in [0.3, 0.4) is 0 Å². The normalized spacial score (nSPS) is 7.80. The van der Waals surface area contributed by atoms with Gasteiger partial charge in [0.05, 0.1) is 0 Å². The highest BCUT2D eigenvalue weighted by atomic mass is 14.8. The first kappa shape index (κ1) is 6.32. The predicted octanol–water partition coefficient (Wildman–Crippen LogP) is 2.15. The maximum Gasteiger partial charge on any atom is 0.385 e. The van der Waals surface area contributed by atoms with Crippen molar-refractivity contribution in [3.8, 4) is 12.3 Å². The zero-order chi connectivity index (χ0) is 7.40. The smallest absolute Gasteiger partial charge is 0.115 e. The molecule has 0 fully saturated rings. The molecule has 0 amide bonds. The van der Waals surface area contributed by atoms with Crippen LogP contribution in [-0.4, -0.2) is 0 Å². The van der Waals surface area contributed by atoms with Crippen molar-refractivity contribution in [2.24, 2.45) is 0 Å². The number of terminal acetylenes is 1. The molecule has 2 nitrogen and oxygen atoms in total. The Morgan fingerprint density at radius 3 is 2.30 bits per heavy atom. The molecule has 0 spiro atoms. The second kappa shape index (κ2) is 2.66. The average molecular weight is 129 g/mol. The monoisotopic (exact) mass is 129 g/mol. The molecule has 0 saturated carbocycles. The predicted molar refractivity (Wildman–Crippen MR) is 39.1 cm³/mol. The van der Waals surface area contributed by atoms with Crippen molar-refractivity contribution < 1.29 is 0 Å². The van der Waals surface area contributed by atoms with E-state index >= 15 is 0 Å². The summed E-state index contributed by atoms with van der Waals surface area (Å²) in [6.07, 6.45) is 5.10. The number of hydrogen-bond donors (Lipinski definition) is 0. The Bertz CT molecular complexity index is 265. The van der Waals surface area contributed by atoms with Crippen molar-refractivity contribution in [1.29, 1.82) is 5.39 Å². The molecule has 0 aliphatic carbocycles. The zero-order valence-electron chi connectivity index (χ0n) is 5.28. The van der Waals surface area contributed by atoms with Crippen molar-refractivity contribution in [1.82, 2.24) is 0 Å².